The van der Waals surface area contributed by atoms with Crippen LogP contribution in [0.4, 0.5) is 15.9 Å². The second kappa shape index (κ2) is 8.88. The summed E-state index contributed by atoms with van der Waals surface area (Å²) in [6.45, 7) is 0. The molecule has 2 heterocycles. The molecule has 2 aromatic heterocycles. The minimum Gasteiger partial charge on any atom is -0.493 e. The van der Waals surface area contributed by atoms with Gasteiger partial charge < -0.3 is 15.0 Å². The van der Waals surface area contributed by atoms with Gasteiger partial charge >= 0.3 is 0 Å². The number of anilines is 2. The molecule has 0 radical (unpaired) electrons. The van der Waals surface area contributed by atoms with E-state index in [1.165, 1.54) is 13.4 Å². The molecule has 1 aromatic carbocycles. The predicted molar refractivity (Wildman–Crippen MR) is 120 cm³/mol. The first-order valence-electron chi connectivity index (χ1n) is 7.73. The third-order valence-corrected chi connectivity index (χ3v) is 6.31. The lowest BCUT2D eigenvalue weighted by Gasteiger charge is -2.24. The number of fused-ring (bicyclic) bond motifs is 1. The van der Waals surface area contributed by atoms with Crippen LogP contribution in [-0.2, 0) is 4.20 Å². The lowest BCUT2D eigenvalue weighted by Crippen LogP contribution is -2.35. The highest BCUT2D eigenvalue weighted by Crippen LogP contribution is 2.52. The molecule has 0 spiro atoms. The summed E-state index contributed by atoms with van der Waals surface area (Å²) in [6.07, 6.45) is 1.35. The molecule has 0 fully saturated rings. The predicted octanol–water partition coefficient (Wildman–Crippen LogP) is 4.70. The molecule has 3 aromatic rings. The van der Waals surface area contributed by atoms with E-state index >= 15 is 0 Å². The number of aromatic nitrogens is 4. The summed E-state index contributed by atoms with van der Waals surface area (Å²) in [6, 6.07) is 4.99. The number of nitrogens with two attached hydrogens (primary N) is 1. The first kappa shape index (κ1) is 23.1. The molecular weight excluding hydrogens is 548 g/mol. The van der Waals surface area contributed by atoms with E-state index in [1.807, 2.05) is 0 Å². The Morgan fingerprint density at radius 1 is 1.47 bits per heavy atom. The molecule has 4 N–H and O–H groups in total. The number of alkyl halides is 3. The van der Waals surface area contributed by atoms with Gasteiger partial charge in [0.1, 0.15) is 9.85 Å². The van der Waals surface area contributed by atoms with Crippen molar-refractivity contribution in [2.75, 3.05) is 12.4 Å². The molecule has 2 unspecified atom stereocenters. The number of nitrogens with zero attached hydrogens (tertiary/aromatic N) is 4. The van der Waals surface area contributed by atoms with Crippen molar-refractivity contribution in [3.63, 3.8) is 0 Å². The third kappa shape index (κ3) is 5.18. The molecule has 0 aliphatic heterocycles. The van der Waals surface area contributed by atoms with Crippen LogP contribution >= 0.6 is 62.8 Å². The van der Waals surface area contributed by atoms with Gasteiger partial charge in [-0.15, -0.1) is 0 Å². The molecule has 10 nitrogen and oxygen atoms in total. The molecule has 0 aliphatic carbocycles. The lowest BCUT2D eigenvalue weighted by molar-refractivity contribution is -0.285. The van der Waals surface area contributed by atoms with Gasteiger partial charge in [-0.25, -0.2) is 19.3 Å². The van der Waals surface area contributed by atoms with Gasteiger partial charge in [0.25, 0.3) is 15.3 Å². The highest BCUT2D eigenvalue weighted by Gasteiger charge is 2.48. The van der Waals surface area contributed by atoms with Crippen molar-refractivity contribution in [1.82, 2.24) is 19.9 Å². The summed E-state index contributed by atoms with van der Waals surface area (Å²) in [4.78, 5) is 26.5. The van der Waals surface area contributed by atoms with Gasteiger partial charge in [0.2, 0.25) is 4.20 Å². The Bertz CT molecular complexity index is 1100. The molecule has 0 amide bonds. The standard InChI is InChI=1S/C14H11BrCl2FN7O3S2/c1-28-9-6(16)3-2-4-7(9)22-11-8-10(21-5-20-8)23-12(24-11)13(19,30-25(26)27)29-14(15,17)18/h2-5H,19H2,1H3,(H2,20,21,22,23,24). The van der Waals surface area contributed by atoms with Gasteiger partial charge in [0, 0.05) is 0 Å². The van der Waals surface area contributed by atoms with Crippen molar-refractivity contribution in [1.29, 1.82) is 0 Å². The SMILES string of the molecule is COc1c(Cl)cccc1Nc1nc(C(N)(S[N+](=O)[O-])SC(F)(Cl)Br)nc2nc[nH]c12. The van der Waals surface area contributed by atoms with Crippen molar-refractivity contribution < 1.29 is 13.5 Å². The number of nitro groups is 1. The van der Waals surface area contributed by atoms with Crippen LogP contribution in [-0.4, -0.2) is 34.7 Å². The van der Waals surface area contributed by atoms with Crippen LogP contribution in [0.25, 0.3) is 11.2 Å². The molecule has 0 aliphatic rings. The molecule has 0 bridgehead atoms. The number of hydrogen-bond acceptors (Lipinski definition) is 10. The fraction of sp³-hybridized carbons (Fsp3) is 0.214. The number of benzene rings is 1. The van der Waals surface area contributed by atoms with E-state index < -0.39 is 11.9 Å². The average molecular weight is 559 g/mol. The number of thioether (sulfide) groups is 1. The minimum absolute atomic E-state index is 0.00995. The topological polar surface area (TPSA) is 145 Å². The number of H-pyrrole nitrogens is 1. The number of rotatable bonds is 8. The third-order valence-electron chi connectivity index (χ3n) is 3.50. The Kier molecular flexibility index (Phi) is 6.84. The van der Waals surface area contributed by atoms with Gasteiger partial charge in [-0.2, -0.15) is 0 Å². The molecular formula is C14H11BrCl2FN7O3S2. The maximum absolute atomic E-state index is 14.1. The summed E-state index contributed by atoms with van der Waals surface area (Å²) in [5.74, 6) is 0.199. The Labute approximate surface area is 195 Å². The monoisotopic (exact) mass is 557 g/mol. The van der Waals surface area contributed by atoms with Crippen LogP contribution in [0.3, 0.4) is 0 Å². The van der Waals surface area contributed by atoms with Crippen molar-refractivity contribution >= 4 is 85.5 Å². The van der Waals surface area contributed by atoms with E-state index in [0.717, 1.165) is 0 Å². The minimum atomic E-state index is -2.61. The number of aromatic amines is 1. The van der Waals surface area contributed by atoms with Gasteiger partial charge in [-0.1, -0.05) is 29.3 Å². The van der Waals surface area contributed by atoms with Crippen LogP contribution in [0.1, 0.15) is 5.82 Å². The van der Waals surface area contributed by atoms with E-state index in [-0.39, 0.29) is 41.0 Å². The largest absolute Gasteiger partial charge is 0.493 e. The van der Waals surface area contributed by atoms with Crippen LogP contribution in [0.15, 0.2) is 24.5 Å². The number of methoxy groups -OCH3 is 1. The Hall–Kier alpha value is -1.58. The Morgan fingerprint density at radius 3 is 2.83 bits per heavy atom. The van der Waals surface area contributed by atoms with E-state index in [9.17, 15) is 14.5 Å². The van der Waals surface area contributed by atoms with E-state index in [0.29, 0.717) is 22.0 Å². The summed E-state index contributed by atoms with van der Waals surface area (Å²) in [5, 5.41) is 14.5. The summed E-state index contributed by atoms with van der Waals surface area (Å²) < 4.78 is 13.9. The van der Waals surface area contributed by atoms with E-state index in [1.54, 1.807) is 18.2 Å². The first-order chi connectivity index (χ1) is 14.0. The second-order valence-corrected chi connectivity index (χ2v) is 11.5. The van der Waals surface area contributed by atoms with Crippen LogP contribution < -0.4 is 15.8 Å². The lowest BCUT2D eigenvalue weighted by atomic mass is 10.3. The average Bonchev–Trinajstić information content (AvgIpc) is 3.08. The highest BCUT2D eigenvalue weighted by molar-refractivity contribution is 9.12. The summed E-state index contributed by atoms with van der Waals surface area (Å²) in [5.41, 5.74) is 7.05. The van der Waals surface area contributed by atoms with Gasteiger partial charge in [0.15, 0.2) is 23.0 Å². The van der Waals surface area contributed by atoms with Gasteiger partial charge in [-0.05, 0) is 39.8 Å². The zero-order valence-electron chi connectivity index (χ0n) is 14.7. The van der Waals surface area contributed by atoms with Crippen LogP contribution in [0, 0.1) is 10.1 Å². The van der Waals surface area contributed by atoms with Gasteiger partial charge in [0.05, 0.1) is 24.1 Å². The zero-order chi connectivity index (χ0) is 22.1. The number of ether oxygens (including phenoxy) is 1. The van der Waals surface area contributed by atoms with Crippen molar-refractivity contribution in [2.45, 2.75) is 7.57 Å². The highest BCUT2D eigenvalue weighted by atomic mass is 79.9. The molecule has 0 saturated carbocycles. The van der Waals surface area contributed by atoms with Crippen molar-refractivity contribution in [3.8, 4) is 5.75 Å². The second-order valence-electron chi connectivity index (χ2n) is 5.47. The number of nitrogens with one attached hydrogen (secondary N) is 2. The van der Waals surface area contributed by atoms with Crippen molar-refractivity contribution in [3.05, 3.63) is 45.5 Å². The maximum atomic E-state index is 14.1. The van der Waals surface area contributed by atoms with Crippen LogP contribution in [0.5, 0.6) is 5.75 Å². The van der Waals surface area contributed by atoms with E-state index in [2.05, 4.69) is 41.2 Å². The molecule has 0 saturated heterocycles. The number of halogens is 4. The molecule has 30 heavy (non-hydrogen) atoms. The van der Waals surface area contributed by atoms with Gasteiger partial charge in [-0.3, -0.25) is 15.8 Å². The molecule has 3 rings (SSSR count). The summed E-state index contributed by atoms with van der Waals surface area (Å²) >= 11 is 14.4. The number of hydrogen-bond donors (Lipinski definition) is 3. The molecule has 160 valence electrons. The smallest absolute Gasteiger partial charge is 0.287 e. The fourth-order valence-electron chi connectivity index (χ4n) is 2.41. The number of para-hydroxylation sites is 1. The zero-order valence-corrected chi connectivity index (χ0v) is 19.5. The fourth-order valence-corrected chi connectivity index (χ4v) is 5.85. The Balaban J connectivity index is 2.14. The molecule has 2 atom stereocenters. The quantitative estimate of drug-likeness (QED) is 0.117. The van der Waals surface area contributed by atoms with Crippen molar-refractivity contribution in [2.24, 2.45) is 5.73 Å². The van der Waals surface area contributed by atoms with E-state index in [4.69, 9.17) is 33.7 Å². The summed E-state index contributed by atoms with van der Waals surface area (Å²) in [7, 11) is 1.44. The first-order valence-corrected chi connectivity index (χ1v) is 10.9. The normalized spacial score (nSPS) is 15.4. The Morgan fingerprint density at radius 2 is 2.20 bits per heavy atom. The number of imidazole rings is 1. The maximum Gasteiger partial charge on any atom is 0.287 e. The molecule has 16 heteroatoms. The van der Waals surface area contributed by atoms with Crippen LogP contribution in [0.2, 0.25) is 5.02 Å².